The van der Waals surface area contributed by atoms with Crippen LogP contribution in [0.1, 0.15) is 13.8 Å². The third kappa shape index (κ3) is 5.00. The van der Waals surface area contributed by atoms with E-state index in [2.05, 4.69) is 36.0 Å². The number of hydrogen-bond donors (Lipinski definition) is 1. The molecule has 0 bridgehead atoms. The molecule has 0 aliphatic carbocycles. The Bertz CT molecular complexity index is 257. The van der Waals surface area contributed by atoms with E-state index in [1.807, 2.05) is 0 Å². The van der Waals surface area contributed by atoms with Crippen molar-refractivity contribution in [2.24, 2.45) is 0 Å². The third-order valence-corrected chi connectivity index (χ3v) is 3.94. The van der Waals surface area contributed by atoms with E-state index in [0.29, 0.717) is 18.2 Å². The fraction of sp³-hybridized carbons (Fsp3) is 1.00. The predicted molar refractivity (Wildman–Crippen MR) is 76.6 cm³/mol. The summed E-state index contributed by atoms with van der Waals surface area (Å²) in [6, 6.07) is 0.614. The van der Waals surface area contributed by atoms with Gasteiger partial charge in [0.05, 0.1) is 25.4 Å². The molecule has 0 radical (unpaired) electrons. The van der Waals surface area contributed by atoms with Crippen LogP contribution in [0.3, 0.4) is 0 Å². The van der Waals surface area contributed by atoms with Crippen LogP contribution in [0.2, 0.25) is 0 Å². The highest BCUT2D eigenvalue weighted by atomic mass is 16.5. The number of nitrogens with one attached hydrogen (secondary N) is 1. The highest BCUT2D eigenvalue weighted by Crippen LogP contribution is 2.10. The van der Waals surface area contributed by atoms with E-state index in [-0.39, 0.29) is 0 Å². The molecular formula is C14H29N3O2. The lowest BCUT2D eigenvalue weighted by Crippen LogP contribution is -2.51. The van der Waals surface area contributed by atoms with Crippen molar-refractivity contribution in [3.05, 3.63) is 0 Å². The van der Waals surface area contributed by atoms with Crippen LogP contribution in [-0.4, -0.2) is 87.6 Å². The van der Waals surface area contributed by atoms with E-state index in [1.165, 1.54) is 0 Å². The molecule has 2 unspecified atom stereocenters. The van der Waals surface area contributed by atoms with E-state index >= 15 is 0 Å². The second kappa shape index (κ2) is 7.55. The number of morpholine rings is 2. The Balaban J connectivity index is 1.70. The maximum absolute atomic E-state index is 5.88. The van der Waals surface area contributed by atoms with Crippen molar-refractivity contribution in [1.82, 2.24) is 15.1 Å². The van der Waals surface area contributed by atoms with Gasteiger partial charge in [0.25, 0.3) is 0 Å². The Hall–Kier alpha value is -0.200. The monoisotopic (exact) mass is 271 g/mol. The van der Waals surface area contributed by atoms with Crippen molar-refractivity contribution in [3.63, 3.8) is 0 Å². The van der Waals surface area contributed by atoms with Crippen LogP contribution in [-0.2, 0) is 9.47 Å². The molecule has 5 heteroatoms. The van der Waals surface area contributed by atoms with Crippen LogP contribution >= 0.6 is 0 Å². The topological polar surface area (TPSA) is 37.0 Å². The molecule has 2 aliphatic heterocycles. The number of hydrogen-bond acceptors (Lipinski definition) is 5. The molecule has 2 atom stereocenters. The molecule has 1 N–H and O–H groups in total. The molecule has 112 valence electrons. The van der Waals surface area contributed by atoms with Gasteiger partial charge in [0, 0.05) is 45.3 Å². The largest absolute Gasteiger partial charge is 0.374 e. The first kappa shape index (κ1) is 15.2. The molecule has 19 heavy (non-hydrogen) atoms. The summed E-state index contributed by atoms with van der Waals surface area (Å²) in [5.74, 6) is 0. The van der Waals surface area contributed by atoms with Gasteiger partial charge in [0.15, 0.2) is 0 Å². The van der Waals surface area contributed by atoms with Crippen LogP contribution in [0.15, 0.2) is 0 Å². The zero-order chi connectivity index (χ0) is 13.7. The van der Waals surface area contributed by atoms with Crippen molar-refractivity contribution in [2.45, 2.75) is 32.1 Å². The lowest BCUT2D eigenvalue weighted by atomic mass is 10.2. The van der Waals surface area contributed by atoms with E-state index < -0.39 is 0 Å². The van der Waals surface area contributed by atoms with Crippen LogP contribution in [0, 0.1) is 0 Å². The van der Waals surface area contributed by atoms with Gasteiger partial charge in [-0.1, -0.05) is 0 Å². The number of rotatable bonds is 5. The molecule has 0 saturated carbocycles. The first-order valence-electron chi connectivity index (χ1n) is 7.51. The lowest BCUT2D eigenvalue weighted by Gasteiger charge is -2.37. The van der Waals surface area contributed by atoms with Crippen LogP contribution in [0.5, 0.6) is 0 Å². The van der Waals surface area contributed by atoms with Crippen LogP contribution in [0.25, 0.3) is 0 Å². The fourth-order valence-electron chi connectivity index (χ4n) is 2.83. The van der Waals surface area contributed by atoms with Gasteiger partial charge in [-0.15, -0.1) is 0 Å². The fourth-order valence-corrected chi connectivity index (χ4v) is 2.83. The average Bonchev–Trinajstić information content (AvgIpc) is 2.40. The highest BCUT2D eigenvalue weighted by molar-refractivity contribution is 4.78. The normalized spacial score (nSPS) is 30.2. The maximum atomic E-state index is 5.88. The summed E-state index contributed by atoms with van der Waals surface area (Å²) in [7, 11) is 2.16. The lowest BCUT2D eigenvalue weighted by molar-refractivity contribution is -0.0572. The smallest absolute Gasteiger partial charge is 0.0829 e. The molecule has 0 spiro atoms. The zero-order valence-corrected chi connectivity index (χ0v) is 12.6. The summed E-state index contributed by atoms with van der Waals surface area (Å²) < 4.78 is 11.6. The maximum Gasteiger partial charge on any atom is 0.0829 e. The molecule has 0 amide bonds. The van der Waals surface area contributed by atoms with E-state index in [4.69, 9.17) is 9.47 Å². The number of ether oxygens (including phenoxy) is 2. The zero-order valence-electron chi connectivity index (χ0n) is 12.6. The van der Waals surface area contributed by atoms with Crippen molar-refractivity contribution in [3.8, 4) is 0 Å². The molecule has 0 aromatic rings. The predicted octanol–water partition coefficient (Wildman–Crippen LogP) is 0.0158. The van der Waals surface area contributed by atoms with Crippen molar-refractivity contribution < 1.29 is 9.47 Å². The summed E-state index contributed by atoms with van der Waals surface area (Å²) in [5, 5.41) is 3.37. The van der Waals surface area contributed by atoms with Gasteiger partial charge in [-0.25, -0.2) is 0 Å². The quantitative estimate of drug-likeness (QED) is 0.763. The Labute approximate surface area is 117 Å². The number of likely N-dealkylation sites (N-methyl/N-ethyl adjacent to an activating group) is 1. The Morgan fingerprint density at radius 2 is 1.95 bits per heavy atom. The first-order valence-corrected chi connectivity index (χ1v) is 7.51. The van der Waals surface area contributed by atoms with Gasteiger partial charge in [0.2, 0.25) is 0 Å². The van der Waals surface area contributed by atoms with E-state index in [1.54, 1.807) is 0 Å². The van der Waals surface area contributed by atoms with Gasteiger partial charge >= 0.3 is 0 Å². The van der Waals surface area contributed by atoms with Crippen molar-refractivity contribution in [2.75, 3.05) is 59.5 Å². The molecule has 5 nitrogen and oxygen atoms in total. The highest BCUT2D eigenvalue weighted by Gasteiger charge is 2.24. The molecule has 2 heterocycles. The standard InChI is InChI=1S/C14H29N3O2/c1-12(2)17-5-7-19-14(11-17)10-16(3)9-13-8-15-4-6-18-13/h12-15H,4-11H2,1-3H3. The van der Waals surface area contributed by atoms with Gasteiger partial charge in [-0.05, 0) is 20.9 Å². The van der Waals surface area contributed by atoms with Gasteiger partial charge in [-0.3, -0.25) is 4.90 Å². The van der Waals surface area contributed by atoms with E-state index in [0.717, 1.165) is 52.5 Å². The molecule has 0 aromatic carbocycles. The summed E-state index contributed by atoms with van der Waals surface area (Å²) in [6.07, 6.45) is 0.654. The Morgan fingerprint density at radius 1 is 1.21 bits per heavy atom. The van der Waals surface area contributed by atoms with Crippen LogP contribution < -0.4 is 5.32 Å². The minimum Gasteiger partial charge on any atom is -0.374 e. The van der Waals surface area contributed by atoms with Crippen molar-refractivity contribution in [1.29, 1.82) is 0 Å². The molecule has 2 aliphatic rings. The minimum absolute atomic E-state index is 0.323. The average molecular weight is 271 g/mol. The van der Waals surface area contributed by atoms with Crippen molar-refractivity contribution >= 4 is 0 Å². The second-order valence-electron chi connectivity index (χ2n) is 6.00. The Morgan fingerprint density at radius 3 is 2.63 bits per heavy atom. The summed E-state index contributed by atoms with van der Waals surface area (Å²) in [6.45, 7) is 12.2. The van der Waals surface area contributed by atoms with Gasteiger partial charge in [0.1, 0.15) is 0 Å². The number of nitrogens with zero attached hydrogens (tertiary/aromatic N) is 2. The molecular weight excluding hydrogens is 242 g/mol. The summed E-state index contributed by atoms with van der Waals surface area (Å²) in [5.41, 5.74) is 0. The second-order valence-corrected chi connectivity index (χ2v) is 6.00. The van der Waals surface area contributed by atoms with Gasteiger partial charge < -0.3 is 19.7 Å². The van der Waals surface area contributed by atoms with Crippen LogP contribution in [0.4, 0.5) is 0 Å². The summed E-state index contributed by atoms with van der Waals surface area (Å²) >= 11 is 0. The molecule has 2 rings (SSSR count). The Kier molecular flexibility index (Phi) is 6.04. The first-order chi connectivity index (χ1) is 9.15. The van der Waals surface area contributed by atoms with E-state index in [9.17, 15) is 0 Å². The molecule has 2 fully saturated rings. The summed E-state index contributed by atoms with van der Waals surface area (Å²) in [4.78, 5) is 4.84. The minimum atomic E-state index is 0.323. The SMILES string of the molecule is CC(C)N1CCOC(CN(C)CC2CNCCO2)C1. The third-order valence-electron chi connectivity index (χ3n) is 3.94. The van der Waals surface area contributed by atoms with Gasteiger partial charge in [-0.2, -0.15) is 0 Å². The molecule has 0 aromatic heterocycles. The molecule has 2 saturated heterocycles.